The van der Waals surface area contributed by atoms with Gasteiger partial charge in [0.2, 0.25) is 0 Å². The van der Waals surface area contributed by atoms with E-state index >= 15 is 0 Å². The van der Waals surface area contributed by atoms with Crippen LogP contribution in [0.2, 0.25) is 0 Å². The van der Waals surface area contributed by atoms with Crippen molar-refractivity contribution in [2.24, 2.45) is 0 Å². The van der Waals surface area contributed by atoms with Crippen LogP contribution in [0.15, 0.2) is 22.7 Å². The average molecular weight is 379 g/mol. The molecular formula is C16H15BrN2O2S. The Kier molecular flexibility index (Phi) is 5.22. The van der Waals surface area contributed by atoms with Crippen molar-refractivity contribution in [3.63, 3.8) is 0 Å². The number of thiophene rings is 1. The molecule has 22 heavy (non-hydrogen) atoms. The second kappa shape index (κ2) is 6.95. The van der Waals surface area contributed by atoms with Crippen LogP contribution in [-0.2, 0) is 0 Å². The summed E-state index contributed by atoms with van der Waals surface area (Å²) < 4.78 is 6.15. The Bertz CT molecular complexity index is 762. The number of nitriles is 1. The van der Waals surface area contributed by atoms with Crippen molar-refractivity contribution in [1.29, 1.82) is 5.26 Å². The van der Waals surface area contributed by atoms with Gasteiger partial charge in [-0.05, 0) is 60.5 Å². The van der Waals surface area contributed by atoms with Crippen LogP contribution in [-0.4, -0.2) is 12.5 Å². The van der Waals surface area contributed by atoms with E-state index in [0.29, 0.717) is 28.5 Å². The number of benzene rings is 1. The highest BCUT2D eigenvalue weighted by molar-refractivity contribution is 9.10. The maximum atomic E-state index is 12.3. The molecule has 0 fully saturated rings. The third kappa shape index (κ3) is 3.32. The summed E-state index contributed by atoms with van der Waals surface area (Å²) in [5.41, 5.74) is 1.94. The van der Waals surface area contributed by atoms with E-state index in [1.165, 1.54) is 11.3 Å². The van der Waals surface area contributed by atoms with Gasteiger partial charge in [0.05, 0.1) is 16.6 Å². The van der Waals surface area contributed by atoms with E-state index < -0.39 is 0 Å². The van der Waals surface area contributed by atoms with Crippen LogP contribution < -0.4 is 10.1 Å². The van der Waals surface area contributed by atoms with Crippen LogP contribution in [0.25, 0.3) is 0 Å². The van der Waals surface area contributed by atoms with Crippen LogP contribution in [0.3, 0.4) is 0 Å². The minimum absolute atomic E-state index is 0.249. The molecule has 0 saturated heterocycles. The van der Waals surface area contributed by atoms with Crippen molar-refractivity contribution < 1.29 is 9.53 Å². The molecule has 6 heteroatoms. The largest absolute Gasteiger partial charge is 0.493 e. The number of anilines is 1. The predicted octanol–water partition coefficient (Wildman–Crippen LogP) is 4.65. The molecule has 0 atom stereocenters. The van der Waals surface area contributed by atoms with Gasteiger partial charge in [-0.2, -0.15) is 5.26 Å². The molecule has 1 aromatic heterocycles. The maximum absolute atomic E-state index is 12.3. The van der Waals surface area contributed by atoms with Crippen molar-refractivity contribution in [2.45, 2.75) is 20.8 Å². The fourth-order valence-electron chi connectivity index (χ4n) is 1.94. The van der Waals surface area contributed by atoms with Crippen LogP contribution in [0, 0.1) is 25.2 Å². The molecule has 114 valence electrons. The van der Waals surface area contributed by atoms with E-state index in [0.717, 1.165) is 14.9 Å². The van der Waals surface area contributed by atoms with Gasteiger partial charge >= 0.3 is 0 Å². The molecule has 1 amide bonds. The van der Waals surface area contributed by atoms with Crippen molar-refractivity contribution in [3.8, 4) is 11.8 Å². The smallest absolute Gasteiger partial charge is 0.256 e. The molecule has 0 aliphatic carbocycles. The summed E-state index contributed by atoms with van der Waals surface area (Å²) >= 11 is 4.80. The maximum Gasteiger partial charge on any atom is 0.256 e. The van der Waals surface area contributed by atoms with Gasteiger partial charge in [-0.3, -0.25) is 4.79 Å². The molecule has 0 aliphatic heterocycles. The van der Waals surface area contributed by atoms with Gasteiger partial charge in [0, 0.05) is 10.4 Å². The first-order chi connectivity index (χ1) is 10.5. The molecular weight excluding hydrogens is 364 g/mol. The average Bonchev–Trinajstić information content (AvgIpc) is 2.75. The number of halogens is 1. The number of nitrogens with one attached hydrogen (secondary N) is 1. The SMILES string of the molecule is CCOc1ccc(C(=O)Nc2sc(C)c(C)c2C#N)cc1Br. The van der Waals surface area contributed by atoms with Gasteiger partial charge in [0.1, 0.15) is 16.8 Å². The molecule has 0 unspecified atom stereocenters. The second-order valence-electron chi connectivity index (χ2n) is 4.63. The van der Waals surface area contributed by atoms with Crippen molar-refractivity contribution in [1.82, 2.24) is 0 Å². The molecule has 1 N–H and O–H groups in total. The zero-order valence-corrected chi connectivity index (χ0v) is 14.9. The Balaban J connectivity index is 2.25. The minimum Gasteiger partial charge on any atom is -0.493 e. The first-order valence-corrected chi connectivity index (χ1v) is 8.32. The Morgan fingerprint density at radius 2 is 2.18 bits per heavy atom. The number of hydrogen-bond donors (Lipinski definition) is 1. The number of aryl methyl sites for hydroxylation is 1. The Morgan fingerprint density at radius 1 is 1.45 bits per heavy atom. The highest BCUT2D eigenvalue weighted by atomic mass is 79.9. The number of carbonyl (C=O) groups excluding carboxylic acids is 1. The van der Waals surface area contributed by atoms with E-state index in [9.17, 15) is 10.1 Å². The third-order valence-corrected chi connectivity index (χ3v) is 4.96. The highest BCUT2D eigenvalue weighted by Gasteiger charge is 2.16. The zero-order chi connectivity index (χ0) is 16.3. The first kappa shape index (κ1) is 16.5. The molecule has 2 rings (SSSR count). The molecule has 0 bridgehead atoms. The van der Waals surface area contributed by atoms with Gasteiger partial charge in [0.25, 0.3) is 5.91 Å². The van der Waals surface area contributed by atoms with Crippen LogP contribution in [0.1, 0.15) is 33.3 Å². The number of carbonyl (C=O) groups is 1. The molecule has 1 aromatic carbocycles. The quantitative estimate of drug-likeness (QED) is 0.841. The van der Waals surface area contributed by atoms with Gasteiger partial charge in [-0.15, -0.1) is 11.3 Å². The number of nitrogens with zero attached hydrogens (tertiary/aromatic N) is 1. The molecule has 0 spiro atoms. The Morgan fingerprint density at radius 3 is 2.77 bits per heavy atom. The van der Waals surface area contributed by atoms with Crippen LogP contribution in [0.5, 0.6) is 5.75 Å². The molecule has 0 radical (unpaired) electrons. The first-order valence-electron chi connectivity index (χ1n) is 6.71. The van der Waals surface area contributed by atoms with Gasteiger partial charge < -0.3 is 10.1 Å². The highest BCUT2D eigenvalue weighted by Crippen LogP contribution is 2.32. The van der Waals surface area contributed by atoms with Crippen molar-refractivity contribution in [3.05, 3.63) is 44.2 Å². The lowest BCUT2D eigenvalue weighted by molar-refractivity contribution is 0.102. The molecule has 4 nitrogen and oxygen atoms in total. The number of amides is 1. The van der Waals surface area contributed by atoms with E-state index in [4.69, 9.17) is 4.74 Å². The summed E-state index contributed by atoms with van der Waals surface area (Å²) in [6.07, 6.45) is 0. The summed E-state index contributed by atoms with van der Waals surface area (Å²) in [5, 5.41) is 12.6. The van der Waals surface area contributed by atoms with E-state index in [1.54, 1.807) is 18.2 Å². The van der Waals surface area contributed by atoms with Gasteiger partial charge in [-0.25, -0.2) is 0 Å². The lowest BCUT2D eigenvalue weighted by atomic mass is 10.1. The lowest BCUT2D eigenvalue weighted by Gasteiger charge is -2.08. The fourth-order valence-corrected chi connectivity index (χ4v) is 3.44. The summed E-state index contributed by atoms with van der Waals surface area (Å²) in [7, 11) is 0. The summed E-state index contributed by atoms with van der Waals surface area (Å²) in [6.45, 7) is 6.28. The van der Waals surface area contributed by atoms with Crippen LogP contribution >= 0.6 is 27.3 Å². The molecule has 0 saturated carbocycles. The monoisotopic (exact) mass is 378 g/mol. The fraction of sp³-hybridized carbons (Fsp3) is 0.250. The Labute approximate surface area is 141 Å². The van der Waals surface area contributed by atoms with Gasteiger partial charge in [0.15, 0.2) is 0 Å². The summed E-state index contributed by atoms with van der Waals surface area (Å²) in [6, 6.07) is 7.30. The predicted molar refractivity (Wildman–Crippen MR) is 91.8 cm³/mol. The normalized spacial score (nSPS) is 10.1. The third-order valence-electron chi connectivity index (χ3n) is 3.22. The summed E-state index contributed by atoms with van der Waals surface area (Å²) in [4.78, 5) is 13.4. The van der Waals surface area contributed by atoms with Crippen molar-refractivity contribution in [2.75, 3.05) is 11.9 Å². The summed E-state index contributed by atoms with van der Waals surface area (Å²) in [5.74, 6) is 0.445. The zero-order valence-electron chi connectivity index (χ0n) is 12.5. The topological polar surface area (TPSA) is 62.1 Å². The standard InChI is InChI=1S/C16H15BrN2O2S/c1-4-21-14-6-5-11(7-13(14)17)15(20)19-16-12(8-18)9(2)10(3)22-16/h5-7H,4H2,1-3H3,(H,19,20). The number of hydrogen-bond acceptors (Lipinski definition) is 4. The van der Waals surface area contributed by atoms with Crippen molar-refractivity contribution >= 4 is 38.2 Å². The van der Waals surface area contributed by atoms with E-state index in [2.05, 4.69) is 27.3 Å². The molecule has 1 heterocycles. The number of ether oxygens (including phenoxy) is 1. The minimum atomic E-state index is -0.249. The Hall–Kier alpha value is -1.84. The van der Waals surface area contributed by atoms with Crippen LogP contribution in [0.4, 0.5) is 5.00 Å². The lowest BCUT2D eigenvalue weighted by Crippen LogP contribution is -2.12. The van der Waals surface area contributed by atoms with E-state index in [1.807, 2.05) is 20.8 Å². The van der Waals surface area contributed by atoms with E-state index in [-0.39, 0.29) is 5.91 Å². The molecule has 2 aromatic rings. The number of rotatable bonds is 4. The second-order valence-corrected chi connectivity index (χ2v) is 6.71. The molecule has 0 aliphatic rings. The van der Waals surface area contributed by atoms with Gasteiger partial charge in [-0.1, -0.05) is 0 Å².